The number of ether oxygens (including phenoxy) is 1. The highest BCUT2D eigenvalue weighted by atomic mass is 32.2. The molecule has 1 fully saturated rings. The first kappa shape index (κ1) is 14.5. The maximum atomic E-state index is 11.5. The molecule has 1 saturated heterocycles. The van der Waals surface area contributed by atoms with Gasteiger partial charge in [-0.1, -0.05) is 30.0 Å². The number of hydrogen-bond donors (Lipinski definition) is 1. The lowest BCUT2D eigenvalue weighted by Crippen LogP contribution is -2.33. The molecule has 2 aromatic rings. The molecule has 0 aromatic heterocycles. The third-order valence-corrected chi connectivity index (χ3v) is 3.97. The van der Waals surface area contributed by atoms with Crippen LogP contribution in [0.25, 0.3) is 0 Å². The Morgan fingerprint density at radius 3 is 2.32 bits per heavy atom. The smallest absolute Gasteiger partial charge is 0.290 e. The number of benzene rings is 2. The van der Waals surface area contributed by atoms with Crippen LogP contribution in [0.15, 0.2) is 54.6 Å². The van der Waals surface area contributed by atoms with E-state index in [0.717, 1.165) is 28.9 Å². The molecular formula is C16H14N2O3S. The van der Waals surface area contributed by atoms with Gasteiger partial charge in [-0.15, -0.1) is 0 Å². The Hall–Kier alpha value is -2.47. The van der Waals surface area contributed by atoms with Crippen molar-refractivity contribution in [2.75, 3.05) is 17.7 Å². The van der Waals surface area contributed by atoms with Gasteiger partial charge in [-0.25, -0.2) is 0 Å². The summed E-state index contributed by atoms with van der Waals surface area (Å²) in [5.74, 6) is 1.56. The Bertz CT molecular complexity index is 658. The first-order chi connectivity index (χ1) is 10.7. The standard InChI is InChI=1S/C16H14N2O3S/c19-15-10-22-16(20)18(15)11-17-12-6-8-14(9-7-12)21-13-4-2-1-3-5-13/h1-9,17H,10-11H2. The topological polar surface area (TPSA) is 58.6 Å². The summed E-state index contributed by atoms with van der Waals surface area (Å²) in [4.78, 5) is 24.2. The number of rotatable bonds is 5. The molecule has 22 heavy (non-hydrogen) atoms. The Morgan fingerprint density at radius 2 is 1.68 bits per heavy atom. The number of para-hydroxylation sites is 1. The van der Waals surface area contributed by atoms with Gasteiger partial charge in [0.2, 0.25) is 5.91 Å². The lowest BCUT2D eigenvalue weighted by atomic mass is 10.3. The van der Waals surface area contributed by atoms with E-state index in [2.05, 4.69) is 5.32 Å². The van der Waals surface area contributed by atoms with Gasteiger partial charge in [0, 0.05) is 5.69 Å². The van der Waals surface area contributed by atoms with E-state index in [1.165, 1.54) is 4.90 Å². The lowest BCUT2D eigenvalue weighted by Gasteiger charge is -2.15. The zero-order chi connectivity index (χ0) is 15.4. The normalized spacial score (nSPS) is 14.3. The minimum absolute atomic E-state index is 0.161. The average molecular weight is 314 g/mol. The number of hydrogen-bond acceptors (Lipinski definition) is 5. The fraction of sp³-hybridized carbons (Fsp3) is 0.125. The van der Waals surface area contributed by atoms with Gasteiger partial charge in [0.15, 0.2) is 0 Å². The van der Waals surface area contributed by atoms with E-state index in [1.807, 2.05) is 54.6 Å². The molecule has 0 bridgehead atoms. The molecule has 1 heterocycles. The summed E-state index contributed by atoms with van der Waals surface area (Å²) in [6.45, 7) is 0.184. The molecule has 1 N–H and O–H groups in total. The van der Waals surface area contributed by atoms with E-state index < -0.39 is 0 Å². The van der Waals surface area contributed by atoms with E-state index in [-0.39, 0.29) is 23.6 Å². The van der Waals surface area contributed by atoms with Crippen LogP contribution in [0.1, 0.15) is 0 Å². The monoisotopic (exact) mass is 314 g/mol. The minimum atomic E-state index is -0.207. The number of carbonyl (C=O) groups excluding carboxylic acids is 2. The van der Waals surface area contributed by atoms with Crippen LogP contribution in [0.5, 0.6) is 11.5 Å². The van der Waals surface area contributed by atoms with Crippen molar-refractivity contribution in [1.29, 1.82) is 0 Å². The molecule has 0 saturated carbocycles. The number of carbonyl (C=O) groups is 2. The summed E-state index contributed by atoms with van der Waals surface area (Å²) in [6.07, 6.45) is 0. The number of amides is 2. The summed E-state index contributed by atoms with van der Waals surface area (Å²) in [5.41, 5.74) is 0.818. The van der Waals surface area contributed by atoms with Crippen LogP contribution in [-0.2, 0) is 4.79 Å². The molecule has 3 rings (SSSR count). The summed E-state index contributed by atoms with van der Waals surface area (Å²) in [6, 6.07) is 16.9. The second-order valence-electron chi connectivity index (χ2n) is 4.65. The molecule has 0 unspecified atom stereocenters. The molecule has 1 aliphatic heterocycles. The fourth-order valence-corrected chi connectivity index (χ4v) is 2.69. The third kappa shape index (κ3) is 3.40. The number of imide groups is 1. The van der Waals surface area contributed by atoms with Crippen LogP contribution < -0.4 is 10.1 Å². The van der Waals surface area contributed by atoms with Crippen LogP contribution in [0, 0.1) is 0 Å². The summed E-state index contributed by atoms with van der Waals surface area (Å²) >= 11 is 1.03. The van der Waals surface area contributed by atoms with Crippen LogP contribution in [0.4, 0.5) is 10.5 Å². The van der Waals surface area contributed by atoms with Crippen LogP contribution >= 0.6 is 11.8 Å². The fourth-order valence-electron chi connectivity index (χ4n) is 1.97. The van der Waals surface area contributed by atoms with Crippen molar-refractivity contribution < 1.29 is 14.3 Å². The predicted molar refractivity (Wildman–Crippen MR) is 86.1 cm³/mol. The first-order valence-electron chi connectivity index (χ1n) is 6.76. The zero-order valence-electron chi connectivity index (χ0n) is 11.7. The van der Waals surface area contributed by atoms with Crippen molar-refractivity contribution in [2.24, 2.45) is 0 Å². The van der Waals surface area contributed by atoms with Crippen molar-refractivity contribution in [2.45, 2.75) is 0 Å². The highest BCUT2D eigenvalue weighted by Gasteiger charge is 2.29. The minimum Gasteiger partial charge on any atom is -0.457 e. The van der Waals surface area contributed by atoms with Gasteiger partial charge >= 0.3 is 0 Å². The van der Waals surface area contributed by atoms with Crippen molar-refractivity contribution in [3.8, 4) is 11.5 Å². The number of nitrogens with zero attached hydrogens (tertiary/aromatic N) is 1. The maximum Gasteiger partial charge on any atom is 0.290 e. The van der Waals surface area contributed by atoms with Crippen LogP contribution in [-0.4, -0.2) is 28.5 Å². The first-order valence-corrected chi connectivity index (χ1v) is 7.75. The largest absolute Gasteiger partial charge is 0.457 e. The molecule has 2 amide bonds. The Labute approximate surface area is 132 Å². The molecular weight excluding hydrogens is 300 g/mol. The molecule has 0 atom stereocenters. The average Bonchev–Trinajstić information content (AvgIpc) is 2.86. The van der Waals surface area contributed by atoms with Crippen molar-refractivity contribution in [1.82, 2.24) is 4.90 Å². The van der Waals surface area contributed by atoms with Gasteiger partial charge in [0.05, 0.1) is 12.4 Å². The molecule has 112 valence electrons. The summed E-state index contributed by atoms with van der Waals surface area (Å²) < 4.78 is 5.70. The lowest BCUT2D eigenvalue weighted by molar-refractivity contribution is -0.124. The maximum absolute atomic E-state index is 11.5. The molecule has 2 aromatic carbocycles. The van der Waals surface area contributed by atoms with Gasteiger partial charge in [0.1, 0.15) is 11.5 Å². The molecule has 5 nitrogen and oxygen atoms in total. The van der Waals surface area contributed by atoms with E-state index in [1.54, 1.807) is 0 Å². The highest BCUT2D eigenvalue weighted by Crippen LogP contribution is 2.23. The second-order valence-corrected chi connectivity index (χ2v) is 5.58. The van der Waals surface area contributed by atoms with Crippen molar-refractivity contribution in [3.63, 3.8) is 0 Å². The predicted octanol–water partition coefficient (Wildman–Crippen LogP) is 3.54. The van der Waals surface area contributed by atoms with Crippen molar-refractivity contribution >= 4 is 28.6 Å². The Balaban J connectivity index is 1.57. The van der Waals surface area contributed by atoms with E-state index in [4.69, 9.17) is 4.74 Å². The number of thioether (sulfide) groups is 1. The second kappa shape index (κ2) is 6.53. The molecule has 6 heteroatoms. The highest BCUT2D eigenvalue weighted by molar-refractivity contribution is 8.14. The number of nitrogens with one attached hydrogen (secondary N) is 1. The van der Waals surface area contributed by atoms with Gasteiger partial charge in [-0.2, -0.15) is 0 Å². The van der Waals surface area contributed by atoms with Crippen molar-refractivity contribution in [3.05, 3.63) is 54.6 Å². The van der Waals surface area contributed by atoms with E-state index >= 15 is 0 Å². The molecule has 1 aliphatic rings. The molecule has 0 aliphatic carbocycles. The van der Waals surface area contributed by atoms with E-state index in [9.17, 15) is 9.59 Å². The molecule has 0 radical (unpaired) electrons. The van der Waals surface area contributed by atoms with E-state index in [0.29, 0.717) is 0 Å². The number of anilines is 1. The summed E-state index contributed by atoms with van der Waals surface area (Å²) in [5, 5.41) is 2.85. The Kier molecular flexibility index (Phi) is 4.29. The summed E-state index contributed by atoms with van der Waals surface area (Å²) in [7, 11) is 0. The van der Waals surface area contributed by atoms with Crippen LogP contribution in [0.2, 0.25) is 0 Å². The SMILES string of the molecule is O=C1CSC(=O)N1CNc1ccc(Oc2ccccc2)cc1. The van der Waals surface area contributed by atoms with Crippen LogP contribution in [0.3, 0.4) is 0 Å². The quantitative estimate of drug-likeness (QED) is 0.914. The van der Waals surface area contributed by atoms with Gasteiger partial charge in [-0.05, 0) is 36.4 Å². The van der Waals surface area contributed by atoms with Gasteiger partial charge in [-0.3, -0.25) is 14.5 Å². The zero-order valence-corrected chi connectivity index (χ0v) is 12.5. The van der Waals surface area contributed by atoms with Gasteiger partial charge in [0.25, 0.3) is 5.24 Å². The van der Waals surface area contributed by atoms with Gasteiger partial charge < -0.3 is 10.1 Å². The molecule has 0 spiro atoms. The Morgan fingerprint density at radius 1 is 1.00 bits per heavy atom. The third-order valence-electron chi connectivity index (χ3n) is 3.12.